The fraction of sp³-hybridized carbons (Fsp3) is 0.292. The quantitative estimate of drug-likeness (QED) is 0.323. The lowest BCUT2D eigenvalue weighted by molar-refractivity contribution is -0.136. The topological polar surface area (TPSA) is 78.6 Å². The highest BCUT2D eigenvalue weighted by molar-refractivity contribution is 5.77. The molecule has 11 heteroatoms. The van der Waals surface area contributed by atoms with Gasteiger partial charge in [-0.2, -0.15) is 13.2 Å². The van der Waals surface area contributed by atoms with Crippen molar-refractivity contribution in [1.82, 2.24) is 23.7 Å². The van der Waals surface area contributed by atoms with Crippen LogP contribution >= 0.6 is 0 Å². The third-order valence-electron chi connectivity index (χ3n) is 6.70. The summed E-state index contributed by atoms with van der Waals surface area (Å²) in [5.41, 5.74) is -1.53. The average Bonchev–Trinajstić information content (AvgIpc) is 3.37. The van der Waals surface area contributed by atoms with Gasteiger partial charge in [0.05, 0.1) is 16.8 Å². The lowest BCUT2D eigenvalue weighted by atomic mass is 9.60. The summed E-state index contributed by atoms with van der Waals surface area (Å²) >= 11 is 0. The molecule has 0 unspecified atom stereocenters. The second-order valence-corrected chi connectivity index (χ2v) is 8.90. The lowest BCUT2D eigenvalue weighted by Gasteiger charge is -2.42. The van der Waals surface area contributed by atoms with Gasteiger partial charge >= 0.3 is 11.9 Å². The van der Waals surface area contributed by atoms with Gasteiger partial charge in [-0.15, -0.1) is 10.2 Å². The molecule has 0 saturated heterocycles. The van der Waals surface area contributed by atoms with E-state index >= 15 is 0 Å². The van der Waals surface area contributed by atoms with Crippen LogP contribution in [0.5, 0.6) is 0 Å². The number of hydrogen-bond donors (Lipinski definition) is 0. The maximum atomic E-state index is 13.7. The summed E-state index contributed by atoms with van der Waals surface area (Å²) in [5, 5.41) is 8.10. The first-order chi connectivity index (χ1) is 16.6. The maximum Gasteiger partial charge on any atom is 0.418 e. The highest BCUT2D eigenvalue weighted by Gasteiger charge is 2.50. The largest absolute Gasteiger partial charge is 0.418 e. The molecule has 1 aliphatic carbocycles. The van der Waals surface area contributed by atoms with Crippen LogP contribution in [0.15, 0.2) is 53.8 Å². The monoisotopic (exact) mass is 480 g/mol. The first-order valence-corrected chi connectivity index (χ1v) is 10.8. The zero-order valence-electron chi connectivity index (χ0n) is 18.5. The third kappa shape index (κ3) is 3.71. The molecule has 1 aromatic carbocycles. The molecule has 0 spiro atoms. The van der Waals surface area contributed by atoms with Gasteiger partial charge in [-0.05, 0) is 23.8 Å². The summed E-state index contributed by atoms with van der Waals surface area (Å²) in [6, 6.07) is 7.64. The minimum atomic E-state index is -4.74. The zero-order valence-corrected chi connectivity index (χ0v) is 18.5. The molecule has 1 aliphatic rings. The molecule has 5 rings (SSSR count). The van der Waals surface area contributed by atoms with Crippen molar-refractivity contribution >= 4 is 11.8 Å². The molecule has 4 aromatic rings. The standard InChI is InChI=1S/C24H19F3N6O2/c1-28-17-8-23(9-17,10-21-30-29-14-31(21)2)16-4-3-5-18(7-16)32-12-20-19(24(25,26)27)6-15(13-34)11-33(20)22(32)35/h3-7,11-14,17H,8-10H2,2H3. The summed E-state index contributed by atoms with van der Waals surface area (Å²) in [6.07, 6.45) is 1.10. The van der Waals surface area contributed by atoms with Crippen molar-refractivity contribution in [3.8, 4) is 5.69 Å². The molecule has 35 heavy (non-hydrogen) atoms. The number of aldehydes is 1. The van der Waals surface area contributed by atoms with E-state index in [4.69, 9.17) is 6.57 Å². The van der Waals surface area contributed by atoms with Crippen LogP contribution in [-0.2, 0) is 25.1 Å². The normalized spacial score (nSPS) is 19.9. The van der Waals surface area contributed by atoms with Gasteiger partial charge in [-0.3, -0.25) is 13.8 Å². The first kappa shape index (κ1) is 22.6. The van der Waals surface area contributed by atoms with Crippen LogP contribution in [0.3, 0.4) is 0 Å². The van der Waals surface area contributed by atoms with E-state index in [1.54, 1.807) is 24.5 Å². The Morgan fingerprint density at radius 2 is 2.03 bits per heavy atom. The van der Waals surface area contributed by atoms with Gasteiger partial charge in [0.1, 0.15) is 12.2 Å². The molecule has 3 aromatic heterocycles. The van der Waals surface area contributed by atoms with Crippen LogP contribution in [0.4, 0.5) is 13.2 Å². The second kappa shape index (κ2) is 7.94. The third-order valence-corrected chi connectivity index (χ3v) is 6.70. The summed E-state index contributed by atoms with van der Waals surface area (Å²) in [6.45, 7) is 7.39. The van der Waals surface area contributed by atoms with Crippen LogP contribution in [0.1, 0.15) is 40.2 Å². The minimum Gasteiger partial charge on any atom is -0.321 e. The number of aromatic nitrogens is 5. The number of aryl methyl sites for hydroxylation is 1. The van der Waals surface area contributed by atoms with E-state index in [-0.39, 0.29) is 23.4 Å². The molecule has 1 fully saturated rings. The van der Waals surface area contributed by atoms with Crippen molar-refractivity contribution in [2.24, 2.45) is 7.05 Å². The molecule has 3 heterocycles. The van der Waals surface area contributed by atoms with E-state index in [1.165, 1.54) is 0 Å². The molecule has 0 amide bonds. The summed E-state index contributed by atoms with van der Waals surface area (Å²) in [5.74, 6) is 0.752. The minimum absolute atomic E-state index is 0.136. The number of pyridine rings is 1. The van der Waals surface area contributed by atoms with Crippen LogP contribution in [-0.4, -0.2) is 36.1 Å². The molecule has 178 valence electrons. The smallest absolute Gasteiger partial charge is 0.321 e. The van der Waals surface area contributed by atoms with E-state index in [9.17, 15) is 22.8 Å². The summed E-state index contributed by atoms with van der Waals surface area (Å²) in [4.78, 5) is 27.9. The molecule has 0 radical (unpaired) electrons. The van der Waals surface area contributed by atoms with Crippen molar-refractivity contribution in [3.05, 3.63) is 93.5 Å². The fourth-order valence-corrected chi connectivity index (χ4v) is 4.86. The molecular weight excluding hydrogens is 461 g/mol. The Hall–Kier alpha value is -4.20. The number of fused-ring (bicyclic) bond motifs is 1. The molecule has 1 saturated carbocycles. The van der Waals surface area contributed by atoms with Gasteiger partial charge in [-0.25, -0.2) is 11.4 Å². The van der Waals surface area contributed by atoms with Crippen LogP contribution < -0.4 is 5.69 Å². The Labute approximate surface area is 197 Å². The lowest BCUT2D eigenvalue weighted by Crippen LogP contribution is -2.45. The Balaban J connectivity index is 1.63. The van der Waals surface area contributed by atoms with Gasteiger partial charge in [0.2, 0.25) is 6.04 Å². The zero-order chi connectivity index (χ0) is 25.0. The molecule has 0 atom stereocenters. The molecule has 0 bridgehead atoms. The number of imidazole rings is 1. The van der Waals surface area contributed by atoms with Gasteiger partial charge in [0, 0.05) is 49.7 Å². The fourth-order valence-electron chi connectivity index (χ4n) is 4.86. The Morgan fingerprint density at radius 1 is 1.26 bits per heavy atom. The number of alkyl halides is 3. The van der Waals surface area contributed by atoms with Crippen molar-refractivity contribution in [3.63, 3.8) is 0 Å². The summed E-state index contributed by atoms with van der Waals surface area (Å²) in [7, 11) is 1.84. The highest BCUT2D eigenvalue weighted by Crippen LogP contribution is 2.48. The number of benzene rings is 1. The summed E-state index contributed by atoms with van der Waals surface area (Å²) < 4.78 is 44.8. The predicted molar refractivity (Wildman–Crippen MR) is 119 cm³/mol. The molecule has 0 aliphatic heterocycles. The number of hydrogen-bond acceptors (Lipinski definition) is 4. The van der Waals surface area contributed by atoms with Crippen LogP contribution in [0.25, 0.3) is 16.0 Å². The average molecular weight is 480 g/mol. The van der Waals surface area contributed by atoms with E-state index in [1.807, 2.05) is 17.7 Å². The first-order valence-electron chi connectivity index (χ1n) is 10.8. The number of nitrogens with zero attached hydrogens (tertiary/aromatic N) is 6. The number of halogens is 3. The van der Waals surface area contributed by atoms with Crippen molar-refractivity contribution in [2.45, 2.75) is 36.9 Å². The van der Waals surface area contributed by atoms with E-state index in [0.29, 0.717) is 24.9 Å². The number of rotatable bonds is 5. The van der Waals surface area contributed by atoms with Crippen molar-refractivity contribution in [1.29, 1.82) is 0 Å². The predicted octanol–water partition coefficient (Wildman–Crippen LogP) is 3.61. The van der Waals surface area contributed by atoms with Crippen molar-refractivity contribution in [2.75, 3.05) is 0 Å². The van der Waals surface area contributed by atoms with Gasteiger partial charge in [0.15, 0.2) is 6.29 Å². The highest BCUT2D eigenvalue weighted by atomic mass is 19.4. The maximum absolute atomic E-state index is 13.7. The van der Waals surface area contributed by atoms with Gasteiger partial charge < -0.3 is 9.41 Å². The SMILES string of the molecule is [C-]#[N+]C1CC(Cc2nncn2C)(c2cccc(-n3cc4c(C(F)(F)F)cc(C=O)cn4c3=O)c2)C1. The second-order valence-electron chi connectivity index (χ2n) is 8.90. The molecule has 0 N–H and O–H groups in total. The Morgan fingerprint density at radius 3 is 2.66 bits per heavy atom. The Bertz CT molecular complexity index is 1550. The van der Waals surface area contributed by atoms with Crippen LogP contribution in [0.2, 0.25) is 0 Å². The molecular formula is C24H19F3N6O2. The van der Waals surface area contributed by atoms with Gasteiger partial charge in [0.25, 0.3) is 0 Å². The Kier molecular flexibility index (Phi) is 5.12. The van der Waals surface area contributed by atoms with Crippen molar-refractivity contribution < 1.29 is 18.0 Å². The van der Waals surface area contributed by atoms with E-state index < -0.39 is 22.8 Å². The number of carbonyl (C=O) groups excluding carboxylic acids is 1. The van der Waals surface area contributed by atoms with E-state index in [2.05, 4.69) is 15.0 Å². The van der Waals surface area contributed by atoms with Gasteiger partial charge in [-0.1, -0.05) is 12.1 Å². The molecule has 8 nitrogen and oxygen atoms in total. The number of carbonyl (C=O) groups is 1. The van der Waals surface area contributed by atoms with Crippen LogP contribution in [0, 0.1) is 6.57 Å². The van der Waals surface area contributed by atoms with E-state index in [0.717, 1.165) is 38.8 Å².